The van der Waals surface area contributed by atoms with Gasteiger partial charge in [0.1, 0.15) is 6.04 Å². The zero-order chi connectivity index (χ0) is 15.7. The lowest BCUT2D eigenvalue weighted by Crippen LogP contribution is -2.46. The molecule has 3 amide bonds. The Labute approximate surface area is 126 Å². The third-order valence-electron chi connectivity index (χ3n) is 3.77. The molecule has 0 bridgehead atoms. The van der Waals surface area contributed by atoms with Crippen LogP contribution in [-0.4, -0.2) is 36.9 Å². The summed E-state index contributed by atoms with van der Waals surface area (Å²) in [6.07, 6.45) is 6.43. The highest BCUT2D eigenvalue weighted by molar-refractivity contribution is 5.87. The summed E-state index contributed by atoms with van der Waals surface area (Å²) in [6, 6.07) is -0.543. The van der Waals surface area contributed by atoms with E-state index < -0.39 is 6.04 Å². The first kappa shape index (κ1) is 17.5. The maximum atomic E-state index is 11.9. The number of carbonyl (C=O) groups is 3. The van der Waals surface area contributed by atoms with Crippen molar-refractivity contribution in [3.05, 3.63) is 0 Å². The quantitative estimate of drug-likeness (QED) is 0.605. The van der Waals surface area contributed by atoms with Crippen LogP contribution in [0, 0.1) is 5.92 Å². The lowest BCUT2D eigenvalue weighted by atomic mass is 9.87. The van der Waals surface area contributed by atoms with Crippen molar-refractivity contribution in [2.45, 2.75) is 58.4 Å². The van der Waals surface area contributed by atoms with Gasteiger partial charge in [0.2, 0.25) is 17.7 Å². The molecule has 1 atom stereocenters. The zero-order valence-electron chi connectivity index (χ0n) is 13.0. The van der Waals surface area contributed by atoms with Gasteiger partial charge in [-0.1, -0.05) is 19.3 Å². The van der Waals surface area contributed by atoms with Gasteiger partial charge in [-0.05, 0) is 25.7 Å². The van der Waals surface area contributed by atoms with Gasteiger partial charge in [0.25, 0.3) is 0 Å². The highest BCUT2D eigenvalue weighted by atomic mass is 16.2. The minimum atomic E-state index is -0.543. The predicted molar refractivity (Wildman–Crippen MR) is 80.5 cm³/mol. The largest absolute Gasteiger partial charge is 0.355 e. The van der Waals surface area contributed by atoms with Gasteiger partial charge in [-0.25, -0.2) is 0 Å². The summed E-state index contributed by atoms with van der Waals surface area (Å²) in [5, 5.41) is 8.01. The van der Waals surface area contributed by atoms with Crippen LogP contribution in [0.15, 0.2) is 0 Å². The molecule has 6 heteroatoms. The molecule has 1 fully saturated rings. The number of amides is 3. The summed E-state index contributed by atoms with van der Waals surface area (Å²) in [5.74, 6) is 0.0654. The Morgan fingerprint density at radius 2 is 1.67 bits per heavy atom. The molecule has 0 aliphatic heterocycles. The van der Waals surface area contributed by atoms with Gasteiger partial charge in [0.15, 0.2) is 0 Å². The van der Waals surface area contributed by atoms with Gasteiger partial charge in [-0.3, -0.25) is 14.4 Å². The molecule has 1 aliphatic carbocycles. The molecule has 3 N–H and O–H groups in total. The topological polar surface area (TPSA) is 87.3 Å². The first-order valence-corrected chi connectivity index (χ1v) is 7.80. The van der Waals surface area contributed by atoms with E-state index in [0.717, 1.165) is 12.8 Å². The molecule has 120 valence electrons. The Morgan fingerprint density at radius 1 is 1.05 bits per heavy atom. The van der Waals surface area contributed by atoms with E-state index in [4.69, 9.17) is 0 Å². The van der Waals surface area contributed by atoms with E-state index in [2.05, 4.69) is 16.0 Å². The summed E-state index contributed by atoms with van der Waals surface area (Å²) in [7, 11) is 0. The van der Waals surface area contributed by atoms with Crippen LogP contribution in [0.25, 0.3) is 0 Å². The second-order valence-electron chi connectivity index (χ2n) is 5.77. The molecule has 1 unspecified atom stereocenters. The molecular weight excluding hydrogens is 270 g/mol. The zero-order valence-corrected chi connectivity index (χ0v) is 13.0. The highest BCUT2D eigenvalue weighted by Gasteiger charge is 2.20. The average molecular weight is 297 g/mol. The van der Waals surface area contributed by atoms with Crippen molar-refractivity contribution in [1.82, 2.24) is 16.0 Å². The fraction of sp³-hybridized carbons (Fsp3) is 0.800. The molecule has 21 heavy (non-hydrogen) atoms. The monoisotopic (exact) mass is 297 g/mol. The molecule has 0 heterocycles. The summed E-state index contributed by atoms with van der Waals surface area (Å²) < 4.78 is 0. The van der Waals surface area contributed by atoms with Crippen LogP contribution in [0.4, 0.5) is 0 Å². The van der Waals surface area contributed by atoms with Gasteiger partial charge in [0, 0.05) is 26.4 Å². The normalized spacial score (nSPS) is 16.9. The summed E-state index contributed by atoms with van der Waals surface area (Å²) in [5.41, 5.74) is 0. The first-order chi connectivity index (χ1) is 9.99. The molecule has 0 aromatic carbocycles. The number of hydrogen-bond acceptors (Lipinski definition) is 3. The molecule has 6 nitrogen and oxygen atoms in total. The molecule has 0 aromatic heterocycles. The lowest BCUT2D eigenvalue weighted by molar-refractivity contribution is -0.129. The van der Waals surface area contributed by atoms with Crippen LogP contribution in [0.5, 0.6) is 0 Å². The van der Waals surface area contributed by atoms with E-state index in [9.17, 15) is 14.4 Å². The van der Waals surface area contributed by atoms with Gasteiger partial charge < -0.3 is 16.0 Å². The van der Waals surface area contributed by atoms with Crippen LogP contribution in [-0.2, 0) is 14.4 Å². The SMILES string of the molecule is CC(=O)NCCNC(=O)C(C)NC(=O)CC1CCCCC1. The minimum absolute atomic E-state index is 0.0496. The van der Waals surface area contributed by atoms with Crippen molar-refractivity contribution in [3.63, 3.8) is 0 Å². The predicted octanol–water partition coefficient (Wildman–Crippen LogP) is 0.714. The maximum absolute atomic E-state index is 11.9. The molecule has 1 saturated carbocycles. The Kier molecular flexibility index (Phi) is 7.79. The molecule has 1 rings (SSSR count). The number of nitrogens with one attached hydrogen (secondary N) is 3. The molecular formula is C15H27N3O3. The van der Waals surface area contributed by atoms with Gasteiger partial charge in [-0.15, -0.1) is 0 Å². The third kappa shape index (κ3) is 7.68. The molecule has 0 spiro atoms. The van der Waals surface area contributed by atoms with Crippen LogP contribution in [0.3, 0.4) is 0 Å². The van der Waals surface area contributed by atoms with E-state index >= 15 is 0 Å². The van der Waals surface area contributed by atoms with E-state index in [0.29, 0.717) is 25.4 Å². The van der Waals surface area contributed by atoms with Crippen molar-refractivity contribution in [1.29, 1.82) is 0 Å². The maximum Gasteiger partial charge on any atom is 0.242 e. The molecule has 0 radical (unpaired) electrons. The first-order valence-electron chi connectivity index (χ1n) is 7.80. The van der Waals surface area contributed by atoms with Crippen molar-refractivity contribution in [2.75, 3.05) is 13.1 Å². The Bertz CT molecular complexity index is 365. The third-order valence-corrected chi connectivity index (χ3v) is 3.77. The van der Waals surface area contributed by atoms with Crippen molar-refractivity contribution in [2.24, 2.45) is 5.92 Å². The summed E-state index contributed by atoms with van der Waals surface area (Å²) >= 11 is 0. The van der Waals surface area contributed by atoms with Gasteiger partial charge in [0.05, 0.1) is 0 Å². The Hall–Kier alpha value is -1.59. The average Bonchev–Trinajstić information content (AvgIpc) is 2.44. The van der Waals surface area contributed by atoms with Crippen LogP contribution < -0.4 is 16.0 Å². The molecule has 0 aromatic rings. The second-order valence-corrected chi connectivity index (χ2v) is 5.77. The summed E-state index contributed by atoms with van der Waals surface area (Å²) in [6.45, 7) is 3.85. The summed E-state index contributed by atoms with van der Waals surface area (Å²) in [4.78, 5) is 34.4. The highest BCUT2D eigenvalue weighted by Crippen LogP contribution is 2.26. The van der Waals surface area contributed by atoms with Gasteiger partial charge >= 0.3 is 0 Å². The Balaban J connectivity index is 2.18. The van der Waals surface area contributed by atoms with Crippen molar-refractivity contribution >= 4 is 17.7 Å². The van der Waals surface area contributed by atoms with E-state index in [1.807, 2.05) is 0 Å². The van der Waals surface area contributed by atoms with Crippen molar-refractivity contribution < 1.29 is 14.4 Å². The van der Waals surface area contributed by atoms with Crippen LogP contribution >= 0.6 is 0 Å². The standard InChI is InChI=1S/C15H27N3O3/c1-11(15(21)17-9-8-16-12(2)19)18-14(20)10-13-6-4-3-5-7-13/h11,13H,3-10H2,1-2H3,(H,16,19)(H,17,21)(H,18,20). The van der Waals surface area contributed by atoms with Crippen molar-refractivity contribution in [3.8, 4) is 0 Å². The van der Waals surface area contributed by atoms with Gasteiger partial charge in [-0.2, -0.15) is 0 Å². The van der Waals surface area contributed by atoms with Crippen LogP contribution in [0.2, 0.25) is 0 Å². The fourth-order valence-electron chi connectivity index (χ4n) is 2.60. The molecule has 0 saturated heterocycles. The van der Waals surface area contributed by atoms with Crippen LogP contribution in [0.1, 0.15) is 52.4 Å². The van der Waals surface area contributed by atoms with E-state index in [1.54, 1.807) is 6.92 Å². The number of rotatable bonds is 7. The molecule has 1 aliphatic rings. The lowest BCUT2D eigenvalue weighted by Gasteiger charge is -2.22. The fourth-order valence-corrected chi connectivity index (χ4v) is 2.60. The second kappa shape index (κ2) is 9.37. The van der Waals surface area contributed by atoms with E-state index in [1.165, 1.54) is 26.2 Å². The van der Waals surface area contributed by atoms with E-state index in [-0.39, 0.29) is 17.7 Å². The number of carbonyl (C=O) groups excluding carboxylic acids is 3. The Morgan fingerprint density at radius 3 is 2.29 bits per heavy atom. The smallest absolute Gasteiger partial charge is 0.242 e. The minimum Gasteiger partial charge on any atom is -0.355 e. The number of hydrogen-bond donors (Lipinski definition) is 3.